The second-order valence-electron chi connectivity index (χ2n) is 6.18. The fourth-order valence-corrected chi connectivity index (χ4v) is 2.80. The predicted molar refractivity (Wildman–Crippen MR) is 92.2 cm³/mol. The van der Waals surface area contributed by atoms with Crippen LogP contribution >= 0.6 is 0 Å². The van der Waals surface area contributed by atoms with Crippen molar-refractivity contribution in [3.63, 3.8) is 0 Å². The number of hydrogen-bond donors (Lipinski definition) is 1. The Kier molecular flexibility index (Phi) is 4.70. The van der Waals surface area contributed by atoms with E-state index in [0.29, 0.717) is 30.7 Å². The molecule has 0 saturated heterocycles. The minimum absolute atomic E-state index is 0.100. The van der Waals surface area contributed by atoms with Crippen LogP contribution in [-0.4, -0.2) is 37.2 Å². The summed E-state index contributed by atoms with van der Waals surface area (Å²) in [6.45, 7) is 0.100. The van der Waals surface area contributed by atoms with E-state index in [-0.39, 0.29) is 24.8 Å². The van der Waals surface area contributed by atoms with E-state index in [2.05, 4.69) is 21.5 Å². The molecule has 0 fully saturated rings. The van der Waals surface area contributed by atoms with Crippen LogP contribution in [0.5, 0.6) is 5.75 Å². The van der Waals surface area contributed by atoms with Gasteiger partial charge in [0.05, 0.1) is 5.69 Å². The third-order valence-electron chi connectivity index (χ3n) is 4.40. The number of hydrogen-bond acceptors (Lipinski definition) is 5. The van der Waals surface area contributed by atoms with E-state index in [1.54, 1.807) is 13.1 Å². The zero-order valence-corrected chi connectivity index (χ0v) is 14.1. The number of terminal acetylenes is 1. The van der Waals surface area contributed by atoms with Crippen LogP contribution in [0.15, 0.2) is 34.5 Å². The molecular formula is C18H20N4O3. The minimum atomic E-state index is -0.723. The maximum Gasteiger partial charge on any atom is 0.252 e. The molecule has 2 amide bonds. The van der Waals surface area contributed by atoms with E-state index in [1.807, 2.05) is 18.2 Å². The van der Waals surface area contributed by atoms with Crippen LogP contribution in [0.4, 0.5) is 5.69 Å². The smallest absolute Gasteiger partial charge is 0.252 e. The number of rotatable bonds is 6. The van der Waals surface area contributed by atoms with E-state index in [9.17, 15) is 9.59 Å². The lowest BCUT2D eigenvalue weighted by molar-refractivity contribution is -0.128. The van der Waals surface area contributed by atoms with Gasteiger partial charge in [-0.2, -0.15) is 10.2 Å². The maximum absolute atomic E-state index is 12.6. The van der Waals surface area contributed by atoms with Crippen LogP contribution in [0.2, 0.25) is 0 Å². The molecule has 0 saturated carbocycles. The highest BCUT2D eigenvalue weighted by atomic mass is 16.5. The summed E-state index contributed by atoms with van der Waals surface area (Å²) in [5.41, 5.74) is 0.189. The number of nitrogens with zero attached hydrogens (tertiary/aromatic N) is 3. The van der Waals surface area contributed by atoms with Gasteiger partial charge in [-0.1, -0.05) is 12.1 Å². The molecule has 2 aliphatic heterocycles. The molecule has 2 aliphatic rings. The van der Waals surface area contributed by atoms with E-state index in [0.717, 1.165) is 0 Å². The summed E-state index contributed by atoms with van der Waals surface area (Å²) in [5.74, 6) is 2.75. The fraction of sp³-hybridized carbons (Fsp3) is 0.444. The SMILES string of the molecule is C#CCCC1(CCC(=O)N[C@@H]2COc3ccccc3N(C)C2=O)N=N1. The molecule has 1 atom stereocenters. The molecule has 1 aromatic carbocycles. The van der Waals surface area contributed by atoms with E-state index >= 15 is 0 Å². The number of para-hydroxylation sites is 2. The second-order valence-corrected chi connectivity index (χ2v) is 6.18. The number of carbonyl (C=O) groups is 2. The van der Waals surface area contributed by atoms with Crippen molar-refractivity contribution in [2.45, 2.75) is 37.4 Å². The first-order valence-corrected chi connectivity index (χ1v) is 8.21. The van der Waals surface area contributed by atoms with Crippen molar-refractivity contribution in [2.24, 2.45) is 10.2 Å². The van der Waals surface area contributed by atoms with Crippen LogP contribution in [0.1, 0.15) is 25.7 Å². The quantitative estimate of drug-likeness (QED) is 0.803. The number of ether oxygens (including phenoxy) is 1. The molecular weight excluding hydrogens is 320 g/mol. The van der Waals surface area contributed by atoms with Gasteiger partial charge in [-0.25, -0.2) is 0 Å². The average Bonchev–Trinajstić information content (AvgIpc) is 3.41. The first kappa shape index (κ1) is 17.0. The van der Waals surface area contributed by atoms with Crippen LogP contribution in [0, 0.1) is 12.3 Å². The lowest BCUT2D eigenvalue weighted by Gasteiger charge is -2.20. The standard InChI is InChI=1S/C18H20N4O3/c1-3-4-10-18(20-21-18)11-9-16(23)19-13-12-25-15-8-6-5-7-14(15)22(2)17(13)24/h1,5-8,13H,4,9-12H2,2H3,(H,19,23)/t13-/m1/s1. The number of carbonyl (C=O) groups excluding carboxylic acids is 2. The number of benzene rings is 1. The van der Waals surface area contributed by atoms with E-state index in [4.69, 9.17) is 11.2 Å². The lowest BCUT2D eigenvalue weighted by atomic mass is 10.0. The van der Waals surface area contributed by atoms with Gasteiger partial charge in [0, 0.05) is 32.7 Å². The van der Waals surface area contributed by atoms with Gasteiger partial charge >= 0.3 is 0 Å². The summed E-state index contributed by atoms with van der Waals surface area (Å²) >= 11 is 0. The molecule has 1 N–H and O–H groups in total. The van der Waals surface area contributed by atoms with Gasteiger partial charge in [0.1, 0.15) is 18.4 Å². The lowest BCUT2D eigenvalue weighted by Crippen LogP contribution is -2.49. The highest BCUT2D eigenvalue weighted by Crippen LogP contribution is 2.37. The summed E-state index contributed by atoms with van der Waals surface area (Å²) in [6.07, 6.45) is 7.22. The topological polar surface area (TPSA) is 83.4 Å². The van der Waals surface area contributed by atoms with Crippen molar-refractivity contribution in [2.75, 3.05) is 18.6 Å². The van der Waals surface area contributed by atoms with Crippen LogP contribution in [0.3, 0.4) is 0 Å². The Bertz CT molecular complexity index is 747. The molecule has 0 radical (unpaired) electrons. The average molecular weight is 340 g/mol. The third kappa shape index (κ3) is 3.79. The summed E-state index contributed by atoms with van der Waals surface area (Å²) in [6, 6.07) is 6.56. The normalized spacial score (nSPS) is 20.1. The summed E-state index contributed by atoms with van der Waals surface area (Å²) in [7, 11) is 1.67. The largest absolute Gasteiger partial charge is 0.489 e. The van der Waals surface area contributed by atoms with Crippen LogP contribution in [0.25, 0.3) is 0 Å². The Labute approximate surface area is 146 Å². The molecule has 2 heterocycles. The number of amides is 2. The third-order valence-corrected chi connectivity index (χ3v) is 4.40. The van der Waals surface area contributed by atoms with E-state index < -0.39 is 11.7 Å². The van der Waals surface area contributed by atoms with Crippen LogP contribution in [-0.2, 0) is 9.59 Å². The first-order chi connectivity index (χ1) is 12.0. The molecule has 0 unspecified atom stereocenters. The molecule has 7 heteroatoms. The number of anilines is 1. The van der Waals surface area contributed by atoms with Gasteiger partial charge in [0.2, 0.25) is 5.91 Å². The number of nitrogens with one attached hydrogen (secondary N) is 1. The van der Waals surface area contributed by atoms with Gasteiger partial charge < -0.3 is 15.0 Å². The molecule has 7 nitrogen and oxygen atoms in total. The van der Waals surface area contributed by atoms with E-state index in [1.165, 1.54) is 4.90 Å². The van der Waals surface area contributed by atoms with Gasteiger partial charge in [-0.05, 0) is 12.1 Å². The molecule has 3 rings (SSSR count). The number of fused-ring (bicyclic) bond motifs is 1. The summed E-state index contributed by atoms with van der Waals surface area (Å²) in [4.78, 5) is 26.3. The summed E-state index contributed by atoms with van der Waals surface area (Å²) in [5, 5.41) is 10.8. The summed E-state index contributed by atoms with van der Waals surface area (Å²) < 4.78 is 5.68. The van der Waals surface area contributed by atoms with Crippen LogP contribution < -0.4 is 15.0 Å². The molecule has 0 aliphatic carbocycles. The molecule has 0 aromatic heterocycles. The minimum Gasteiger partial charge on any atom is -0.489 e. The van der Waals surface area contributed by atoms with Gasteiger partial charge in [-0.3, -0.25) is 9.59 Å². The molecule has 0 bridgehead atoms. The number of likely N-dealkylation sites (N-methyl/N-ethyl adjacent to an activating group) is 1. The molecule has 130 valence electrons. The van der Waals surface area contributed by atoms with Crippen molar-refractivity contribution in [1.29, 1.82) is 0 Å². The molecule has 25 heavy (non-hydrogen) atoms. The zero-order valence-electron chi connectivity index (χ0n) is 14.1. The molecule has 1 aromatic rings. The zero-order chi connectivity index (χ0) is 17.9. The maximum atomic E-state index is 12.6. The Hall–Kier alpha value is -2.88. The second kappa shape index (κ2) is 6.93. The van der Waals surface area contributed by atoms with Gasteiger partial charge in [-0.15, -0.1) is 12.3 Å². The highest BCUT2D eigenvalue weighted by Gasteiger charge is 2.39. The predicted octanol–water partition coefficient (Wildman–Crippen LogP) is 1.88. The molecule has 0 spiro atoms. The monoisotopic (exact) mass is 340 g/mol. The van der Waals surface area contributed by atoms with Crippen molar-refractivity contribution in [3.05, 3.63) is 24.3 Å². The van der Waals surface area contributed by atoms with Crippen molar-refractivity contribution >= 4 is 17.5 Å². The van der Waals surface area contributed by atoms with Crippen molar-refractivity contribution in [1.82, 2.24) is 5.32 Å². The Morgan fingerprint density at radius 1 is 1.44 bits per heavy atom. The first-order valence-electron chi connectivity index (χ1n) is 8.21. The van der Waals surface area contributed by atoms with Crippen molar-refractivity contribution in [3.8, 4) is 18.1 Å². The Morgan fingerprint density at radius 3 is 2.92 bits per heavy atom. The fourth-order valence-electron chi connectivity index (χ4n) is 2.80. The van der Waals surface area contributed by atoms with Gasteiger partial charge in [0.15, 0.2) is 5.66 Å². The Balaban J connectivity index is 1.55. The Morgan fingerprint density at radius 2 is 2.20 bits per heavy atom. The van der Waals surface area contributed by atoms with Crippen molar-refractivity contribution < 1.29 is 14.3 Å². The van der Waals surface area contributed by atoms with Gasteiger partial charge in [0.25, 0.3) is 5.91 Å². The highest BCUT2D eigenvalue weighted by molar-refractivity contribution is 6.00.